The maximum absolute atomic E-state index is 12.9. The Morgan fingerprint density at radius 3 is 2.07 bits per heavy atom. The molecule has 3 fully saturated rings. The van der Waals surface area contributed by atoms with Crippen molar-refractivity contribution in [2.45, 2.75) is 6.42 Å². The second-order valence-corrected chi connectivity index (χ2v) is 7.49. The third-order valence-corrected chi connectivity index (χ3v) is 6.28. The molecule has 2 amide bonds. The molecule has 0 spiro atoms. The van der Waals surface area contributed by atoms with E-state index >= 15 is 0 Å². The maximum Gasteiger partial charge on any atom is 0.300 e. The van der Waals surface area contributed by atoms with Crippen LogP contribution >= 0.6 is 0 Å². The van der Waals surface area contributed by atoms with Gasteiger partial charge in [0.2, 0.25) is 0 Å². The summed E-state index contributed by atoms with van der Waals surface area (Å²) in [4.78, 5) is 46.4. The average molecular weight is 370 g/mol. The molecule has 1 aromatic carbocycles. The molecule has 1 heterocycles. The number of hydrogen-bond acceptors (Lipinski definition) is 7. The van der Waals surface area contributed by atoms with Crippen LogP contribution in [-0.2, 0) is 9.59 Å². The number of amides is 2. The zero-order valence-corrected chi connectivity index (χ0v) is 13.8. The predicted molar refractivity (Wildman–Crippen MR) is 89.9 cm³/mol. The van der Waals surface area contributed by atoms with Gasteiger partial charge >= 0.3 is 5.69 Å². The zero-order valence-electron chi connectivity index (χ0n) is 13.8. The number of nitrogens with one attached hydrogen (secondary N) is 1. The topological polar surface area (TPSA) is 136 Å². The molecule has 1 N–H and O–H groups in total. The molecule has 2 bridgehead atoms. The standard InChI is InChI=1S/C17H14N4O6/c22-16-14-8-2-3-9(11-6-10(8)11)15(14)17(23)19(16)18-12-4-1-7(20(24)25)5-13(12)21(26)27/h1-5,8-11,14-15,18H,6H2/t8-,9-,10-,11+,14+,15+/m0/s1. The van der Waals surface area contributed by atoms with Gasteiger partial charge in [0.25, 0.3) is 17.5 Å². The minimum absolute atomic E-state index is 0.0418. The fourth-order valence-electron chi connectivity index (χ4n) is 5.07. The van der Waals surface area contributed by atoms with Gasteiger partial charge in [-0.05, 0) is 36.2 Å². The van der Waals surface area contributed by atoms with E-state index in [1.807, 2.05) is 12.2 Å². The van der Waals surface area contributed by atoms with Crippen molar-refractivity contribution in [3.63, 3.8) is 0 Å². The van der Waals surface area contributed by atoms with E-state index in [9.17, 15) is 29.8 Å². The van der Waals surface area contributed by atoms with E-state index in [4.69, 9.17) is 0 Å². The number of anilines is 1. The van der Waals surface area contributed by atoms with Crippen LogP contribution < -0.4 is 5.43 Å². The lowest BCUT2D eigenvalue weighted by Gasteiger charge is -2.37. The summed E-state index contributed by atoms with van der Waals surface area (Å²) in [5, 5.41) is 23.0. The Bertz CT molecular complexity index is 923. The Balaban J connectivity index is 1.47. The Labute approximate surface area is 152 Å². The van der Waals surface area contributed by atoms with Gasteiger partial charge in [-0.1, -0.05) is 12.2 Å². The van der Waals surface area contributed by atoms with Crippen molar-refractivity contribution >= 4 is 28.9 Å². The number of benzene rings is 1. The van der Waals surface area contributed by atoms with Crippen LogP contribution in [0.1, 0.15) is 6.42 Å². The second kappa shape index (κ2) is 5.12. The summed E-state index contributed by atoms with van der Waals surface area (Å²) in [7, 11) is 0. The number of carbonyl (C=O) groups is 2. The Morgan fingerprint density at radius 2 is 1.56 bits per heavy atom. The van der Waals surface area contributed by atoms with E-state index in [1.54, 1.807) is 0 Å². The highest BCUT2D eigenvalue weighted by atomic mass is 16.6. The van der Waals surface area contributed by atoms with Crippen LogP contribution in [0.2, 0.25) is 0 Å². The summed E-state index contributed by atoms with van der Waals surface area (Å²) < 4.78 is 0. The lowest BCUT2D eigenvalue weighted by Crippen LogP contribution is -2.40. The smallest absolute Gasteiger partial charge is 0.282 e. The molecule has 6 atom stereocenters. The molecular formula is C17H14N4O6. The van der Waals surface area contributed by atoms with Crippen LogP contribution in [0.5, 0.6) is 0 Å². The SMILES string of the molecule is O=C1[C@@H]2[C@H]3C=C[C@@H]([C@@H]4C[C@H]34)[C@H]2C(=O)N1Nc1ccc([N+](=O)[O-])cc1[N+](=O)[O-]. The maximum atomic E-state index is 12.9. The number of hydrazine groups is 1. The van der Waals surface area contributed by atoms with E-state index < -0.39 is 33.1 Å². The number of allylic oxidation sites excluding steroid dienone is 2. The van der Waals surface area contributed by atoms with Crippen molar-refractivity contribution in [1.82, 2.24) is 5.01 Å². The van der Waals surface area contributed by atoms with E-state index in [-0.39, 0.29) is 29.3 Å². The van der Waals surface area contributed by atoms with Gasteiger partial charge in [-0.3, -0.25) is 35.2 Å². The number of nitro benzene ring substituents is 2. The average Bonchev–Trinajstić information content (AvgIpc) is 3.42. The van der Waals surface area contributed by atoms with Crippen molar-refractivity contribution in [3.8, 4) is 0 Å². The zero-order chi connectivity index (χ0) is 19.0. The molecule has 0 unspecified atom stereocenters. The fraction of sp³-hybridized carbons (Fsp3) is 0.412. The Morgan fingerprint density at radius 1 is 0.963 bits per heavy atom. The monoisotopic (exact) mass is 370 g/mol. The van der Waals surface area contributed by atoms with Crippen LogP contribution in [0.15, 0.2) is 30.4 Å². The molecule has 10 nitrogen and oxygen atoms in total. The molecule has 27 heavy (non-hydrogen) atoms. The first-order valence-corrected chi connectivity index (χ1v) is 8.64. The van der Waals surface area contributed by atoms with Gasteiger partial charge in [0.1, 0.15) is 5.69 Å². The lowest BCUT2D eigenvalue weighted by atomic mass is 9.63. The van der Waals surface area contributed by atoms with Crippen molar-refractivity contribution in [2.75, 3.05) is 5.43 Å². The molecule has 2 saturated carbocycles. The first kappa shape index (κ1) is 15.9. The van der Waals surface area contributed by atoms with E-state index in [2.05, 4.69) is 5.43 Å². The summed E-state index contributed by atoms with van der Waals surface area (Å²) in [6, 6.07) is 3.04. The first-order valence-electron chi connectivity index (χ1n) is 8.64. The Hall–Kier alpha value is -3.30. The number of nitro groups is 2. The van der Waals surface area contributed by atoms with Gasteiger partial charge in [-0.25, -0.2) is 0 Å². The summed E-state index contributed by atoms with van der Waals surface area (Å²) in [6.07, 6.45) is 5.10. The van der Waals surface area contributed by atoms with Gasteiger partial charge in [-0.15, -0.1) is 0 Å². The minimum Gasteiger partial charge on any atom is -0.282 e. The van der Waals surface area contributed by atoms with Crippen LogP contribution in [0.25, 0.3) is 0 Å². The predicted octanol–water partition coefficient (Wildman–Crippen LogP) is 1.88. The van der Waals surface area contributed by atoms with Gasteiger partial charge in [0, 0.05) is 6.07 Å². The van der Waals surface area contributed by atoms with Crippen molar-refractivity contribution < 1.29 is 19.4 Å². The molecule has 10 heteroatoms. The van der Waals surface area contributed by atoms with Crippen molar-refractivity contribution in [1.29, 1.82) is 0 Å². The third-order valence-electron chi connectivity index (χ3n) is 6.28. The number of rotatable bonds is 4. The van der Waals surface area contributed by atoms with Gasteiger partial charge in [-0.2, -0.15) is 5.01 Å². The molecule has 6 rings (SSSR count). The molecule has 1 aliphatic heterocycles. The van der Waals surface area contributed by atoms with E-state index in [1.165, 1.54) is 0 Å². The summed E-state index contributed by atoms with van der Waals surface area (Å²) in [5.41, 5.74) is 1.42. The number of non-ortho nitro benzene ring substituents is 1. The molecule has 1 saturated heterocycles. The number of imide groups is 1. The fourth-order valence-corrected chi connectivity index (χ4v) is 5.07. The van der Waals surface area contributed by atoms with E-state index in [0.29, 0.717) is 11.8 Å². The van der Waals surface area contributed by atoms with Gasteiger partial charge in [0.05, 0.1) is 27.7 Å². The van der Waals surface area contributed by atoms with Gasteiger partial charge in [0.15, 0.2) is 0 Å². The molecule has 138 valence electrons. The molecule has 4 aliphatic carbocycles. The highest BCUT2D eigenvalue weighted by Gasteiger charge is 2.67. The molecule has 5 aliphatic rings. The largest absolute Gasteiger partial charge is 0.300 e. The highest BCUT2D eigenvalue weighted by molar-refractivity contribution is 6.07. The summed E-state index contributed by atoms with van der Waals surface area (Å²) >= 11 is 0. The van der Waals surface area contributed by atoms with Crippen LogP contribution in [0.3, 0.4) is 0 Å². The summed E-state index contributed by atoms with van der Waals surface area (Å²) in [5.74, 6) is -0.648. The quantitative estimate of drug-likeness (QED) is 0.370. The first-order chi connectivity index (χ1) is 12.9. The molecule has 1 aromatic rings. The van der Waals surface area contributed by atoms with Crippen LogP contribution in [0.4, 0.5) is 17.1 Å². The molecule has 0 aromatic heterocycles. The van der Waals surface area contributed by atoms with E-state index in [0.717, 1.165) is 29.6 Å². The normalized spacial score (nSPS) is 35.0. The number of nitrogens with zero attached hydrogens (tertiary/aromatic N) is 3. The van der Waals surface area contributed by atoms with Crippen molar-refractivity contribution in [2.24, 2.45) is 35.5 Å². The second-order valence-electron chi connectivity index (χ2n) is 7.49. The molecular weight excluding hydrogens is 356 g/mol. The lowest BCUT2D eigenvalue weighted by molar-refractivity contribution is -0.393. The van der Waals surface area contributed by atoms with Gasteiger partial charge < -0.3 is 0 Å². The van der Waals surface area contributed by atoms with Crippen LogP contribution in [0, 0.1) is 55.7 Å². The number of hydrogen-bond donors (Lipinski definition) is 1. The van der Waals surface area contributed by atoms with Crippen molar-refractivity contribution in [3.05, 3.63) is 50.6 Å². The highest BCUT2D eigenvalue weighted by Crippen LogP contribution is 2.65. The third kappa shape index (κ3) is 2.06. The number of carbonyl (C=O) groups excluding carboxylic acids is 2. The Kier molecular flexibility index (Phi) is 3.02. The molecule has 0 radical (unpaired) electrons. The summed E-state index contributed by atoms with van der Waals surface area (Å²) in [6.45, 7) is 0. The minimum atomic E-state index is -0.784. The van der Waals surface area contributed by atoms with Crippen LogP contribution in [-0.4, -0.2) is 26.7 Å².